The van der Waals surface area contributed by atoms with Crippen LogP contribution >= 0.6 is 12.4 Å². The third-order valence-electron chi connectivity index (χ3n) is 3.11. The topological polar surface area (TPSA) is 32.3 Å². The van der Waals surface area contributed by atoms with E-state index >= 15 is 0 Å². The summed E-state index contributed by atoms with van der Waals surface area (Å²) in [5.41, 5.74) is 0.0292. The molecule has 0 spiro atoms. The molecule has 0 atom stereocenters. The van der Waals surface area contributed by atoms with Gasteiger partial charge in [-0.25, -0.2) is 8.78 Å². The van der Waals surface area contributed by atoms with Crippen molar-refractivity contribution in [2.75, 3.05) is 26.2 Å². The highest BCUT2D eigenvalue weighted by Gasteiger charge is 2.21. The number of nitrogens with one attached hydrogen (secondary N) is 1. The first kappa shape index (κ1) is 15.9. The summed E-state index contributed by atoms with van der Waals surface area (Å²) in [5.74, 6) is -1.64. The van der Waals surface area contributed by atoms with E-state index in [1.807, 2.05) is 0 Å². The molecule has 1 saturated heterocycles. The van der Waals surface area contributed by atoms with Crippen molar-refractivity contribution >= 4 is 18.3 Å². The third kappa shape index (κ3) is 3.64. The normalized spacial score (nSPS) is 15.6. The second-order valence-electron chi connectivity index (χ2n) is 4.48. The van der Waals surface area contributed by atoms with E-state index in [0.717, 1.165) is 25.1 Å². The zero-order valence-corrected chi connectivity index (χ0v) is 11.5. The smallest absolute Gasteiger partial charge is 0.256 e. The maximum absolute atomic E-state index is 13.7. The average molecular weight is 291 g/mol. The fourth-order valence-electron chi connectivity index (χ4n) is 2.03. The van der Waals surface area contributed by atoms with Crippen molar-refractivity contribution in [3.8, 4) is 0 Å². The number of rotatable bonds is 1. The highest BCUT2D eigenvalue weighted by atomic mass is 35.5. The van der Waals surface area contributed by atoms with Crippen molar-refractivity contribution in [1.82, 2.24) is 10.2 Å². The van der Waals surface area contributed by atoms with Crippen molar-refractivity contribution in [2.24, 2.45) is 0 Å². The number of benzene rings is 1. The van der Waals surface area contributed by atoms with Gasteiger partial charge in [-0.05, 0) is 37.6 Å². The lowest BCUT2D eigenvalue weighted by molar-refractivity contribution is 0.0761. The Morgan fingerprint density at radius 2 is 1.95 bits per heavy atom. The minimum absolute atomic E-state index is 0. The standard InChI is InChI=1S/C13H16F2N2O.ClH/c1-9-7-12(15)10(8-11(9)14)13(18)17-5-2-3-16-4-6-17;/h7-8,16H,2-6H2,1H3;1H. The summed E-state index contributed by atoms with van der Waals surface area (Å²) in [5, 5.41) is 3.16. The van der Waals surface area contributed by atoms with Gasteiger partial charge in [-0.2, -0.15) is 0 Å². The van der Waals surface area contributed by atoms with Crippen molar-refractivity contribution in [3.05, 3.63) is 34.9 Å². The molecule has 0 unspecified atom stereocenters. The maximum atomic E-state index is 13.7. The molecule has 1 aliphatic rings. The van der Waals surface area contributed by atoms with Crippen LogP contribution < -0.4 is 5.32 Å². The Morgan fingerprint density at radius 1 is 1.21 bits per heavy atom. The molecule has 0 saturated carbocycles. The summed E-state index contributed by atoms with van der Waals surface area (Å²) >= 11 is 0. The molecule has 0 aromatic heterocycles. The van der Waals surface area contributed by atoms with Gasteiger partial charge in [-0.3, -0.25) is 4.79 Å². The summed E-state index contributed by atoms with van der Waals surface area (Å²) in [6, 6.07) is 2.06. The molecule has 1 aromatic carbocycles. The van der Waals surface area contributed by atoms with Crippen molar-refractivity contribution in [1.29, 1.82) is 0 Å². The van der Waals surface area contributed by atoms with E-state index < -0.39 is 17.5 Å². The molecule has 1 amide bonds. The summed E-state index contributed by atoms with van der Waals surface area (Å²) < 4.78 is 27.1. The Hall–Kier alpha value is -1.20. The number of carbonyl (C=O) groups is 1. The first-order valence-electron chi connectivity index (χ1n) is 6.05. The Labute approximate surface area is 117 Å². The Balaban J connectivity index is 0.00000180. The SMILES string of the molecule is Cc1cc(F)c(C(=O)N2CCCNCC2)cc1F.Cl. The molecule has 1 fully saturated rings. The second kappa shape index (κ2) is 6.82. The van der Waals surface area contributed by atoms with Crippen LogP contribution in [-0.4, -0.2) is 37.0 Å². The first-order valence-corrected chi connectivity index (χ1v) is 6.05. The molecule has 0 aliphatic carbocycles. The Morgan fingerprint density at radius 3 is 2.68 bits per heavy atom. The van der Waals surface area contributed by atoms with Gasteiger partial charge in [0.1, 0.15) is 11.6 Å². The third-order valence-corrected chi connectivity index (χ3v) is 3.11. The summed E-state index contributed by atoms with van der Waals surface area (Å²) in [6.45, 7) is 4.09. The molecule has 2 rings (SSSR count). The molecule has 1 aliphatic heterocycles. The fraction of sp³-hybridized carbons (Fsp3) is 0.462. The van der Waals surface area contributed by atoms with Crippen molar-refractivity contribution in [2.45, 2.75) is 13.3 Å². The van der Waals surface area contributed by atoms with Crippen LogP contribution in [0.3, 0.4) is 0 Å². The molecule has 0 radical (unpaired) electrons. The van der Waals surface area contributed by atoms with Gasteiger partial charge in [0.2, 0.25) is 0 Å². The lowest BCUT2D eigenvalue weighted by Gasteiger charge is -2.20. The van der Waals surface area contributed by atoms with Crippen LogP contribution in [0.25, 0.3) is 0 Å². The van der Waals surface area contributed by atoms with Gasteiger partial charge in [-0.15, -0.1) is 12.4 Å². The van der Waals surface area contributed by atoms with E-state index in [-0.39, 0.29) is 23.5 Å². The number of halogens is 3. The highest BCUT2D eigenvalue weighted by molar-refractivity contribution is 5.94. The molecule has 1 aromatic rings. The van der Waals surface area contributed by atoms with E-state index in [9.17, 15) is 13.6 Å². The molecular weight excluding hydrogens is 274 g/mol. The van der Waals surface area contributed by atoms with Crippen LogP contribution in [0, 0.1) is 18.6 Å². The zero-order valence-electron chi connectivity index (χ0n) is 10.7. The Bertz CT molecular complexity index is 460. The molecule has 1 N–H and O–H groups in total. The van der Waals surface area contributed by atoms with Crippen molar-refractivity contribution < 1.29 is 13.6 Å². The molecule has 6 heteroatoms. The van der Waals surface area contributed by atoms with Gasteiger partial charge in [0.05, 0.1) is 5.56 Å². The molecule has 19 heavy (non-hydrogen) atoms. The van der Waals surface area contributed by atoms with Crippen LogP contribution in [0.2, 0.25) is 0 Å². The van der Waals surface area contributed by atoms with Gasteiger partial charge in [0.25, 0.3) is 5.91 Å². The molecule has 106 valence electrons. The van der Waals surface area contributed by atoms with E-state index in [4.69, 9.17) is 0 Å². The second-order valence-corrected chi connectivity index (χ2v) is 4.48. The lowest BCUT2D eigenvalue weighted by atomic mass is 10.1. The average Bonchev–Trinajstić information content (AvgIpc) is 2.61. The van der Waals surface area contributed by atoms with Gasteiger partial charge in [-0.1, -0.05) is 0 Å². The predicted molar refractivity (Wildman–Crippen MR) is 71.7 cm³/mol. The Kier molecular flexibility index (Phi) is 5.69. The van der Waals surface area contributed by atoms with Crippen LogP contribution in [0.4, 0.5) is 8.78 Å². The molecule has 0 bridgehead atoms. The highest BCUT2D eigenvalue weighted by Crippen LogP contribution is 2.16. The van der Waals surface area contributed by atoms with Gasteiger partial charge >= 0.3 is 0 Å². The van der Waals surface area contributed by atoms with E-state index in [0.29, 0.717) is 19.6 Å². The minimum atomic E-state index is -0.656. The number of hydrogen-bond acceptors (Lipinski definition) is 2. The van der Waals surface area contributed by atoms with Crippen LogP contribution in [-0.2, 0) is 0 Å². The van der Waals surface area contributed by atoms with E-state index in [2.05, 4.69) is 5.32 Å². The quantitative estimate of drug-likeness (QED) is 0.859. The lowest BCUT2D eigenvalue weighted by Crippen LogP contribution is -2.34. The van der Waals surface area contributed by atoms with Gasteiger partial charge < -0.3 is 10.2 Å². The van der Waals surface area contributed by atoms with Gasteiger partial charge in [0, 0.05) is 19.6 Å². The fourth-order valence-corrected chi connectivity index (χ4v) is 2.03. The van der Waals surface area contributed by atoms with E-state index in [1.165, 1.54) is 6.92 Å². The van der Waals surface area contributed by atoms with Crippen LogP contribution in [0.1, 0.15) is 22.3 Å². The van der Waals surface area contributed by atoms with Crippen LogP contribution in [0.15, 0.2) is 12.1 Å². The predicted octanol–water partition coefficient (Wildman–Crippen LogP) is 2.13. The number of carbonyl (C=O) groups excluding carboxylic acids is 1. The van der Waals surface area contributed by atoms with Crippen molar-refractivity contribution in [3.63, 3.8) is 0 Å². The first-order chi connectivity index (χ1) is 8.59. The minimum Gasteiger partial charge on any atom is -0.337 e. The monoisotopic (exact) mass is 290 g/mol. The van der Waals surface area contributed by atoms with E-state index in [1.54, 1.807) is 4.90 Å². The molecule has 1 heterocycles. The molecular formula is C13H17ClF2N2O. The number of hydrogen-bond donors (Lipinski definition) is 1. The zero-order chi connectivity index (χ0) is 13.1. The maximum Gasteiger partial charge on any atom is 0.256 e. The number of amides is 1. The molecule has 3 nitrogen and oxygen atoms in total. The summed E-state index contributed by atoms with van der Waals surface area (Å²) in [7, 11) is 0. The number of nitrogens with zero attached hydrogens (tertiary/aromatic N) is 1. The summed E-state index contributed by atoms with van der Waals surface area (Å²) in [4.78, 5) is 13.7. The van der Waals surface area contributed by atoms with Gasteiger partial charge in [0.15, 0.2) is 0 Å². The largest absolute Gasteiger partial charge is 0.337 e. The number of aryl methyl sites for hydroxylation is 1. The summed E-state index contributed by atoms with van der Waals surface area (Å²) in [6.07, 6.45) is 0.821. The van der Waals surface area contributed by atoms with Crippen LogP contribution in [0.5, 0.6) is 0 Å².